The maximum Gasteiger partial charge on any atom is 0.261 e. The molecule has 0 spiro atoms. The predicted octanol–water partition coefficient (Wildman–Crippen LogP) is 2.70. The van der Waals surface area contributed by atoms with Crippen LogP contribution in [0.3, 0.4) is 0 Å². The molecule has 1 aliphatic rings. The van der Waals surface area contributed by atoms with Crippen LogP contribution in [0.5, 0.6) is 0 Å². The molecule has 1 saturated heterocycles. The Morgan fingerprint density at radius 1 is 1.15 bits per heavy atom. The average molecular weight is 374 g/mol. The Labute approximate surface area is 153 Å². The summed E-state index contributed by atoms with van der Waals surface area (Å²) in [7, 11) is -3.77. The number of hydrogen-bond acceptors (Lipinski definition) is 4. The van der Waals surface area contributed by atoms with Crippen molar-refractivity contribution in [1.29, 1.82) is 0 Å². The molecule has 26 heavy (non-hydrogen) atoms. The van der Waals surface area contributed by atoms with Crippen molar-refractivity contribution in [2.24, 2.45) is 0 Å². The van der Waals surface area contributed by atoms with E-state index in [1.54, 1.807) is 36.4 Å². The van der Waals surface area contributed by atoms with Gasteiger partial charge >= 0.3 is 0 Å². The summed E-state index contributed by atoms with van der Waals surface area (Å²) in [5.74, 6) is -0.331. The van der Waals surface area contributed by atoms with E-state index >= 15 is 0 Å². The van der Waals surface area contributed by atoms with Crippen LogP contribution in [-0.2, 0) is 14.8 Å². The van der Waals surface area contributed by atoms with Crippen LogP contribution >= 0.6 is 0 Å². The Morgan fingerprint density at radius 3 is 2.58 bits per heavy atom. The highest BCUT2D eigenvalue weighted by atomic mass is 32.2. The number of sulfonamides is 1. The van der Waals surface area contributed by atoms with E-state index in [1.807, 2.05) is 6.92 Å². The molecule has 2 aromatic rings. The van der Waals surface area contributed by atoms with Crippen LogP contribution in [0.25, 0.3) is 0 Å². The quantitative estimate of drug-likeness (QED) is 0.814. The maximum absolute atomic E-state index is 12.6. The van der Waals surface area contributed by atoms with E-state index in [-0.39, 0.29) is 28.2 Å². The first-order valence-corrected chi connectivity index (χ1v) is 10.0. The third-order valence-electron chi connectivity index (χ3n) is 4.26. The van der Waals surface area contributed by atoms with Gasteiger partial charge in [-0.25, -0.2) is 8.42 Å². The molecule has 0 bridgehead atoms. The number of para-hydroxylation sites is 1. The Balaban J connectivity index is 1.75. The lowest BCUT2D eigenvalue weighted by Crippen LogP contribution is -2.32. The average Bonchev–Trinajstić information content (AvgIpc) is 3.14. The summed E-state index contributed by atoms with van der Waals surface area (Å²) >= 11 is 0. The molecular weight excluding hydrogens is 352 g/mol. The van der Waals surface area contributed by atoms with Gasteiger partial charge in [-0.3, -0.25) is 9.52 Å². The van der Waals surface area contributed by atoms with E-state index in [4.69, 9.17) is 4.74 Å². The van der Waals surface area contributed by atoms with E-state index in [1.165, 1.54) is 12.1 Å². The Kier molecular flexibility index (Phi) is 5.58. The van der Waals surface area contributed by atoms with Gasteiger partial charge in [-0.2, -0.15) is 0 Å². The number of anilines is 1. The maximum atomic E-state index is 12.6. The molecule has 6 nitrogen and oxygen atoms in total. The summed E-state index contributed by atoms with van der Waals surface area (Å²) in [6, 6.07) is 13.1. The number of carbonyl (C=O) groups excluding carboxylic acids is 1. The minimum atomic E-state index is -3.77. The van der Waals surface area contributed by atoms with Crippen molar-refractivity contribution in [2.45, 2.75) is 30.8 Å². The summed E-state index contributed by atoms with van der Waals surface area (Å²) < 4.78 is 33.2. The standard InChI is InChI=1S/C19H22N2O4S/c1-14-8-10-16(11-9-14)26(23,24)21-18-7-3-2-6-17(18)19(22)20-13-15-5-4-12-25-15/h2-3,6-11,15,21H,4-5,12-13H2,1H3,(H,20,22)/t15-/m0/s1. The van der Waals surface area contributed by atoms with Gasteiger partial charge in [-0.15, -0.1) is 0 Å². The highest BCUT2D eigenvalue weighted by molar-refractivity contribution is 7.92. The molecule has 0 aliphatic carbocycles. The number of benzene rings is 2. The zero-order valence-electron chi connectivity index (χ0n) is 14.6. The second kappa shape index (κ2) is 7.88. The number of carbonyl (C=O) groups is 1. The van der Waals surface area contributed by atoms with Crippen LogP contribution in [0.4, 0.5) is 5.69 Å². The number of amides is 1. The topological polar surface area (TPSA) is 84.5 Å². The molecular formula is C19H22N2O4S. The zero-order valence-corrected chi connectivity index (χ0v) is 15.4. The molecule has 0 unspecified atom stereocenters. The molecule has 1 fully saturated rings. The third kappa shape index (κ3) is 4.42. The van der Waals surface area contributed by atoms with E-state index in [2.05, 4.69) is 10.0 Å². The summed E-state index contributed by atoms with van der Waals surface area (Å²) in [6.45, 7) is 3.02. The molecule has 3 rings (SSSR count). The van der Waals surface area contributed by atoms with Crippen molar-refractivity contribution in [3.63, 3.8) is 0 Å². The van der Waals surface area contributed by atoms with Gasteiger partial charge in [0.1, 0.15) is 0 Å². The Hall–Kier alpha value is -2.38. The number of aryl methyl sites for hydroxylation is 1. The first-order valence-electron chi connectivity index (χ1n) is 8.54. The molecule has 138 valence electrons. The van der Waals surface area contributed by atoms with Crippen LogP contribution < -0.4 is 10.0 Å². The fourth-order valence-electron chi connectivity index (χ4n) is 2.80. The number of rotatable bonds is 6. The molecule has 7 heteroatoms. The van der Waals surface area contributed by atoms with Crippen LogP contribution in [0.2, 0.25) is 0 Å². The first-order chi connectivity index (χ1) is 12.5. The van der Waals surface area contributed by atoms with Gasteiger partial charge in [0.25, 0.3) is 15.9 Å². The summed E-state index contributed by atoms with van der Waals surface area (Å²) in [5.41, 5.74) is 1.50. The van der Waals surface area contributed by atoms with E-state index < -0.39 is 10.0 Å². The first kappa shape index (κ1) is 18.4. The van der Waals surface area contributed by atoms with Gasteiger partial charge in [0, 0.05) is 13.2 Å². The Bertz CT molecular complexity index is 873. The lowest BCUT2D eigenvalue weighted by molar-refractivity contribution is 0.0858. The largest absolute Gasteiger partial charge is 0.376 e. The van der Waals surface area contributed by atoms with Crippen molar-refractivity contribution in [1.82, 2.24) is 5.32 Å². The van der Waals surface area contributed by atoms with Gasteiger partial charge in [0.2, 0.25) is 0 Å². The molecule has 1 aliphatic heterocycles. The number of nitrogens with one attached hydrogen (secondary N) is 2. The molecule has 1 atom stereocenters. The lowest BCUT2D eigenvalue weighted by Gasteiger charge is -2.14. The van der Waals surface area contributed by atoms with E-state index in [9.17, 15) is 13.2 Å². The van der Waals surface area contributed by atoms with Gasteiger partial charge < -0.3 is 10.1 Å². The van der Waals surface area contributed by atoms with E-state index in [0.29, 0.717) is 13.2 Å². The highest BCUT2D eigenvalue weighted by Gasteiger charge is 2.20. The second-order valence-corrected chi connectivity index (χ2v) is 7.99. The van der Waals surface area contributed by atoms with Crippen molar-refractivity contribution in [3.8, 4) is 0 Å². The molecule has 0 radical (unpaired) electrons. The van der Waals surface area contributed by atoms with Gasteiger partial charge in [-0.1, -0.05) is 29.8 Å². The fraction of sp³-hybridized carbons (Fsp3) is 0.316. The van der Waals surface area contributed by atoms with Crippen molar-refractivity contribution >= 4 is 21.6 Å². The lowest BCUT2D eigenvalue weighted by atomic mass is 10.1. The fourth-order valence-corrected chi connectivity index (χ4v) is 3.88. The van der Waals surface area contributed by atoms with Crippen LogP contribution in [0.15, 0.2) is 53.4 Å². The monoisotopic (exact) mass is 374 g/mol. The van der Waals surface area contributed by atoms with Crippen molar-refractivity contribution in [2.75, 3.05) is 17.9 Å². The number of hydrogen-bond donors (Lipinski definition) is 2. The minimum Gasteiger partial charge on any atom is -0.376 e. The van der Waals surface area contributed by atoms with Crippen LogP contribution in [0, 0.1) is 6.92 Å². The zero-order chi connectivity index (χ0) is 18.6. The van der Waals surface area contributed by atoms with Crippen LogP contribution in [-0.4, -0.2) is 33.6 Å². The van der Waals surface area contributed by atoms with Gasteiger partial charge in [0.15, 0.2) is 0 Å². The van der Waals surface area contributed by atoms with Gasteiger partial charge in [-0.05, 0) is 44.0 Å². The summed E-state index contributed by atoms with van der Waals surface area (Å²) in [6.07, 6.45) is 1.94. The Morgan fingerprint density at radius 2 is 1.88 bits per heavy atom. The molecule has 1 amide bonds. The summed E-state index contributed by atoms with van der Waals surface area (Å²) in [4.78, 5) is 12.6. The molecule has 0 saturated carbocycles. The van der Waals surface area contributed by atoms with Crippen molar-refractivity contribution < 1.29 is 17.9 Å². The van der Waals surface area contributed by atoms with Crippen molar-refractivity contribution in [3.05, 3.63) is 59.7 Å². The third-order valence-corrected chi connectivity index (χ3v) is 5.64. The normalized spacial score (nSPS) is 17.0. The smallest absolute Gasteiger partial charge is 0.261 e. The highest BCUT2D eigenvalue weighted by Crippen LogP contribution is 2.21. The van der Waals surface area contributed by atoms with Gasteiger partial charge in [0.05, 0.1) is 22.3 Å². The van der Waals surface area contributed by atoms with Crippen LogP contribution in [0.1, 0.15) is 28.8 Å². The summed E-state index contributed by atoms with van der Waals surface area (Å²) in [5, 5.41) is 2.82. The molecule has 2 N–H and O–H groups in total. The minimum absolute atomic E-state index is 0.0235. The molecule has 2 aromatic carbocycles. The molecule has 1 heterocycles. The SMILES string of the molecule is Cc1ccc(S(=O)(=O)Nc2ccccc2C(=O)NC[C@@H]2CCCO2)cc1. The predicted molar refractivity (Wildman–Crippen MR) is 99.7 cm³/mol. The number of ether oxygens (including phenoxy) is 1. The second-order valence-electron chi connectivity index (χ2n) is 6.31. The van der Waals surface area contributed by atoms with E-state index in [0.717, 1.165) is 18.4 Å². The molecule has 0 aromatic heterocycles.